The van der Waals surface area contributed by atoms with Crippen molar-refractivity contribution in [2.75, 3.05) is 0 Å². The van der Waals surface area contributed by atoms with Crippen LogP contribution in [0, 0.1) is 24.0 Å². The lowest BCUT2D eigenvalue weighted by Crippen LogP contribution is -2.19. The van der Waals surface area contributed by atoms with E-state index in [1.54, 1.807) is 45.0 Å². The van der Waals surface area contributed by atoms with Crippen molar-refractivity contribution in [3.8, 4) is 0 Å². The number of aryl methyl sites for hydroxylation is 1. The van der Waals surface area contributed by atoms with Crippen molar-refractivity contribution < 1.29 is 9.72 Å². The molecule has 1 unspecified atom stereocenters. The van der Waals surface area contributed by atoms with Gasteiger partial charge in [-0.05, 0) is 32.9 Å². The number of carbonyl (C=O) groups excluding carboxylic acids is 1. The second-order valence-electron chi connectivity index (χ2n) is 4.77. The fourth-order valence-corrected chi connectivity index (χ4v) is 2.53. The van der Waals surface area contributed by atoms with Gasteiger partial charge in [-0.1, -0.05) is 28.1 Å². The molecule has 0 aliphatic heterocycles. The van der Waals surface area contributed by atoms with Crippen molar-refractivity contribution in [2.45, 2.75) is 26.8 Å². The zero-order valence-electron chi connectivity index (χ0n) is 11.8. The number of ketones is 1. The molecule has 0 radical (unpaired) electrons. The topological polar surface area (TPSA) is 78.0 Å². The van der Waals surface area contributed by atoms with Crippen LogP contribution in [0.25, 0.3) is 0 Å². The fourth-order valence-electron chi connectivity index (χ4n) is 2.26. The first-order chi connectivity index (χ1) is 9.82. The Kier molecular flexibility index (Phi) is 4.22. The monoisotopic (exact) mass is 351 g/mol. The molecule has 2 aromatic rings. The molecule has 0 saturated heterocycles. The van der Waals surface area contributed by atoms with E-state index < -0.39 is 11.0 Å². The van der Waals surface area contributed by atoms with Gasteiger partial charge in [-0.3, -0.25) is 19.6 Å². The van der Waals surface area contributed by atoms with Crippen LogP contribution in [0.15, 0.2) is 28.7 Å². The third kappa shape index (κ3) is 2.87. The number of halogens is 1. The van der Waals surface area contributed by atoms with Crippen LogP contribution < -0.4 is 0 Å². The minimum Gasteiger partial charge on any atom is -0.292 e. The summed E-state index contributed by atoms with van der Waals surface area (Å²) in [4.78, 5) is 23.0. The van der Waals surface area contributed by atoms with Crippen LogP contribution >= 0.6 is 15.9 Å². The predicted octanol–water partition coefficient (Wildman–Crippen LogP) is 3.61. The number of hydrogen-bond donors (Lipinski definition) is 0. The van der Waals surface area contributed by atoms with Crippen LogP contribution in [0.2, 0.25) is 0 Å². The van der Waals surface area contributed by atoms with Crippen LogP contribution in [0.3, 0.4) is 0 Å². The van der Waals surface area contributed by atoms with Crippen molar-refractivity contribution >= 4 is 27.4 Å². The van der Waals surface area contributed by atoms with E-state index in [-0.39, 0.29) is 11.5 Å². The lowest BCUT2D eigenvalue weighted by Gasteiger charge is -2.12. The molecule has 7 heteroatoms. The molecular weight excluding hydrogens is 338 g/mol. The summed E-state index contributed by atoms with van der Waals surface area (Å²) >= 11 is 3.31. The van der Waals surface area contributed by atoms with Gasteiger partial charge in [0.2, 0.25) is 0 Å². The molecule has 1 heterocycles. The van der Waals surface area contributed by atoms with Crippen LogP contribution in [-0.2, 0) is 0 Å². The smallest absolute Gasteiger partial charge is 0.292 e. The molecule has 0 aliphatic rings. The number of aromatic nitrogens is 2. The Morgan fingerprint density at radius 3 is 2.38 bits per heavy atom. The summed E-state index contributed by atoms with van der Waals surface area (Å²) in [6.07, 6.45) is 0. The highest BCUT2D eigenvalue weighted by atomic mass is 79.9. The molecule has 0 saturated carbocycles. The number of nitrogens with zero attached hydrogens (tertiary/aromatic N) is 3. The highest BCUT2D eigenvalue weighted by molar-refractivity contribution is 9.10. The van der Waals surface area contributed by atoms with Gasteiger partial charge in [0.15, 0.2) is 5.78 Å². The van der Waals surface area contributed by atoms with Crippen molar-refractivity contribution in [2.24, 2.45) is 0 Å². The maximum atomic E-state index is 12.5. The SMILES string of the molecule is Cc1nn(C(C)C(=O)c2ccc(Br)cc2)c(C)c1[N+](=O)[O-]. The number of rotatable bonds is 4. The maximum absolute atomic E-state index is 12.5. The van der Waals surface area contributed by atoms with E-state index in [0.29, 0.717) is 17.0 Å². The molecule has 0 fully saturated rings. The van der Waals surface area contributed by atoms with Gasteiger partial charge in [-0.25, -0.2) is 0 Å². The largest absolute Gasteiger partial charge is 0.312 e. The normalized spacial score (nSPS) is 12.2. The Morgan fingerprint density at radius 1 is 1.33 bits per heavy atom. The van der Waals surface area contributed by atoms with Gasteiger partial charge >= 0.3 is 5.69 Å². The zero-order chi connectivity index (χ0) is 15.7. The minimum atomic E-state index is -0.599. The lowest BCUT2D eigenvalue weighted by molar-refractivity contribution is -0.386. The summed E-state index contributed by atoms with van der Waals surface area (Å²) in [5.74, 6) is -0.136. The fraction of sp³-hybridized carbons (Fsp3) is 0.286. The Hall–Kier alpha value is -2.02. The Labute approximate surface area is 130 Å². The molecule has 0 bridgehead atoms. The van der Waals surface area contributed by atoms with Crippen molar-refractivity contribution in [1.29, 1.82) is 0 Å². The highest BCUT2D eigenvalue weighted by Gasteiger charge is 2.27. The number of Topliss-reactive ketones (excluding diaryl/α,β-unsaturated/α-hetero) is 1. The van der Waals surface area contributed by atoms with E-state index in [1.165, 1.54) is 4.68 Å². The van der Waals surface area contributed by atoms with Crippen molar-refractivity contribution in [3.05, 3.63) is 55.8 Å². The molecule has 1 aromatic carbocycles. The number of hydrogen-bond acceptors (Lipinski definition) is 4. The zero-order valence-corrected chi connectivity index (χ0v) is 13.4. The Balaban J connectivity index is 2.38. The molecule has 6 nitrogen and oxygen atoms in total. The molecule has 2 rings (SSSR count). The van der Waals surface area contributed by atoms with Gasteiger partial charge in [0.25, 0.3) is 0 Å². The van der Waals surface area contributed by atoms with Gasteiger partial charge < -0.3 is 0 Å². The molecule has 110 valence electrons. The second-order valence-corrected chi connectivity index (χ2v) is 5.68. The van der Waals surface area contributed by atoms with Gasteiger partial charge in [-0.2, -0.15) is 5.10 Å². The summed E-state index contributed by atoms with van der Waals surface area (Å²) in [5, 5.41) is 15.2. The molecule has 0 N–H and O–H groups in total. The highest BCUT2D eigenvalue weighted by Crippen LogP contribution is 2.26. The molecule has 1 atom stereocenters. The lowest BCUT2D eigenvalue weighted by atomic mass is 10.1. The van der Waals surface area contributed by atoms with E-state index in [1.807, 2.05) is 0 Å². The maximum Gasteiger partial charge on any atom is 0.312 e. The number of nitro groups is 1. The average molecular weight is 352 g/mol. The summed E-state index contributed by atoms with van der Waals surface area (Å²) < 4.78 is 2.30. The molecule has 0 aliphatic carbocycles. The molecule has 0 amide bonds. The minimum absolute atomic E-state index is 0.0366. The first-order valence-corrected chi connectivity index (χ1v) is 7.12. The first-order valence-electron chi connectivity index (χ1n) is 6.32. The summed E-state index contributed by atoms with van der Waals surface area (Å²) in [7, 11) is 0. The van der Waals surface area contributed by atoms with Crippen LogP contribution in [-0.4, -0.2) is 20.5 Å². The Bertz CT molecular complexity index is 707. The van der Waals surface area contributed by atoms with Gasteiger partial charge in [-0.15, -0.1) is 0 Å². The third-order valence-electron chi connectivity index (χ3n) is 3.34. The van der Waals surface area contributed by atoms with E-state index in [4.69, 9.17) is 0 Å². The third-order valence-corrected chi connectivity index (χ3v) is 3.87. The van der Waals surface area contributed by atoms with E-state index >= 15 is 0 Å². The van der Waals surface area contributed by atoms with Crippen LogP contribution in [0.4, 0.5) is 5.69 Å². The second kappa shape index (κ2) is 5.77. The van der Waals surface area contributed by atoms with Crippen LogP contribution in [0.1, 0.15) is 34.7 Å². The first kappa shape index (κ1) is 15.4. The van der Waals surface area contributed by atoms with Crippen molar-refractivity contribution in [3.63, 3.8) is 0 Å². The summed E-state index contributed by atoms with van der Waals surface area (Å²) in [6, 6.07) is 6.39. The summed E-state index contributed by atoms with van der Waals surface area (Å²) in [6.45, 7) is 4.86. The Morgan fingerprint density at radius 2 is 1.90 bits per heavy atom. The van der Waals surface area contributed by atoms with Gasteiger partial charge in [0, 0.05) is 10.0 Å². The molecular formula is C14H14BrN3O3. The average Bonchev–Trinajstić information content (AvgIpc) is 2.73. The summed E-state index contributed by atoms with van der Waals surface area (Å²) in [5.41, 5.74) is 1.20. The standard InChI is InChI=1S/C14H14BrN3O3/c1-8-13(18(20)21)9(2)17(16-8)10(3)14(19)11-4-6-12(15)7-5-11/h4-7,10H,1-3H3. The molecule has 0 spiro atoms. The van der Waals surface area contributed by atoms with Crippen molar-refractivity contribution in [1.82, 2.24) is 9.78 Å². The van der Waals surface area contributed by atoms with E-state index in [0.717, 1.165) is 4.47 Å². The van der Waals surface area contributed by atoms with Gasteiger partial charge in [0.05, 0.1) is 4.92 Å². The predicted molar refractivity (Wildman–Crippen MR) is 81.5 cm³/mol. The van der Waals surface area contributed by atoms with E-state index in [9.17, 15) is 14.9 Å². The number of carbonyl (C=O) groups is 1. The number of benzene rings is 1. The van der Waals surface area contributed by atoms with E-state index in [2.05, 4.69) is 21.0 Å². The quantitative estimate of drug-likeness (QED) is 0.478. The molecule has 1 aromatic heterocycles. The molecule has 21 heavy (non-hydrogen) atoms. The van der Waals surface area contributed by atoms with Crippen LogP contribution in [0.5, 0.6) is 0 Å². The van der Waals surface area contributed by atoms with Gasteiger partial charge in [0.1, 0.15) is 17.4 Å².